The first-order valence-corrected chi connectivity index (χ1v) is 11.8. The molecule has 1 aromatic carbocycles. The normalized spacial score (nSPS) is 14.8. The van der Waals surface area contributed by atoms with Gasteiger partial charge in [0.05, 0.1) is 12.5 Å². The summed E-state index contributed by atoms with van der Waals surface area (Å²) < 4.78 is 0. The van der Waals surface area contributed by atoms with Crippen LogP contribution < -0.4 is 27.4 Å². The highest BCUT2D eigenvalue weighted by Crippen LogP contribution is 2.09. The van der Waals surface area contributed by atoms with Crippen molar-refractivity contribution in [1.82, 2.24) is 16.0 Å². The summed E-state index contributed by atoms with van der Waals surface area (Å²) in [6, 6.07) is 3.27. The number of aliphatic carboxylic acids is 2. The molecule has 0 fully saturated rings. The standard InChI is InChI=1S/C24H35N5O8/c1-3-13(2)20(26)23(35)27-15(9-10-19(31)32)21(33)28-16(11-14-7-5-4-6-8-14)22(34)29-17(24(36)37)12-18(25)30/h4-8,13,15-17,20H,3,9-12,26H2,1-2H3,(H2,25,30)(H,27,35)(H,28,33)(H,29,34)(H,31,32)(H,36,37). The van der Waals surface area contributed by atoms with Crippen LogP contribution in [0.2, 0.25) is 0 Å². The molecule has 1 aromatic rings. The van der Waals surface area contributed by atoms with E-state index in [0.29, 0.717) is 12.0 Å². The number of hydrogen-bond donors (Lipinski definition) is 7. The van der Waals surface area contributed by atoms with Crippen LogP contribution in [0.1, 0.15) is 45.1 Å². The summed E-state index contributed by atoms with van der Waals surface area (Å²) in [5.74, 6) is -6.29. The molecule has 4 amide bonds. The van der Waals surface area contributed by atoms with Crippen LogP contribution in [0.15, 0.2) is 30.3 Å². The number of hydrogen-bond acceptors (Lipinski definition) is 7. The van der Waals surface area contributed by atoms with Crippen molar-refractivity contribution < 1.29 is 39.0 Å². The van der Waals surface area contributed by atoms with E-state index >= 15 is 0 Å². The summed E-state index contributed by atoms with van der Waals surface area (Å²) in [7, 11) is 0. The molecule has 0 aliphatic heterocycles. The number of nitrogens with two attached hydrogens (primary N) is 2. The van der Waals surface area contributed by atoms with Gasteiger partial charge in [-0.15, -0.1) is 0 Å². The van der Waals surface area contributed by atoms with Gasteiger partial charge in [-0.1, -0.05) is 50.6 Å². The Hall–Kier alpha value is -4.00. The van der Waals surface area contributed by atoms with Gasteiger partial charge in [0.1, 0.15) is 18.1 Å². The quantitative estimate of drug-likeness (QED) is 0.139. The molecule has 0 aromatic heterocycles. The van der Waals surface area contributed by atoms with Crippen LogP contribution in [0.5, 0.6) is 0 Å². The van der Waals surface area contributed by atoms with E-state index in [1.807, 2.05) is 6.92 Å². The molecular formula is C24H35N5O8. The van der Waals surface area contributed by atoms with Crippen molar-refractivity contribution in [1.29, 1.82) is 0 Å². The first-order valence-electron chi connectivity index (χ1n) is 11.8. The molecule has 0 bridgehead atoms. The molecule has 0 heterocycles. The molecule has 37 heavy (non-hydrogen) atoms. The first kappa shape index (κ1) is 31.0. The Labute approximate surface area is 214 Å². The lowest BCUT2D eigenvalue weighted by Crippen LogP contribution is -2.58. The summed E-state index contributed by atoms with van der Waals surface area (Å²) in [4.78, 5) is 72.5. The van der Waals surface area contributed by atoms with Crippen LogP contribution in [0, 0.1) is 5.92 Å². The molecule has 0 saturated carbocycles. The molecule has 1 rings (SSSR count). The minimum atomic E-state index is -1.63. The number of carboxylic acids is 2. The number of carboxylic acid groups (broad SMARTS) is 2. The summed E-state index contributed by atoms with van der Waals surface area (Å²) in [6.45, 7) is 3.59. The number of benzene rings is 1. The number of carbonyl (C=O) groups is 6. The fourth-order valence-corrected chi connectivity index (χ4v) is 3.32. The van der Waals surface area contributed by atoms with Gasteiger partial charge in [-0.05, 0) is 17.9 Å². The van der Waals surface area contributed by atoms with Gasteiger partial charge < -0.3 is 37.6 Å². The zero-order valence-electron chi connectivity index (χ0n) is 20.8. The van der Waals surface area contributed by atoms with Gasteiger partial charge in [-0.3, -0.25) is 24.0 Å². The van der Waals surface area contributed by atoms with Gasteiger partial charge in [0, 0.05) is 12.8 Å². The van der Waals surface area contributed by atoms with E-state index in [0.717, 1.165) is 0 Å². The zero-order chi connectivity index (χ0) is 28.1. The van der Waals surface area contributed by atoms with Gasteiger partial charge in [0.25, 0.3) is 0 Å². The summed E-state index contributed by atoms with van der Waals surface area (Å²) in [5, 5.41) is 25.5. The summed E-state index contributed by atoms with van der Waals surface area (Å²) in [6.07, 6.45) is -0.869. The molecule has 0 radical (unpaired) electrons. The topological polar surface area (TPSA) is 231 Å². The largest absolute Gasteiger partial charge is 0.481 e. The van der Waals surface area contributed by atoms with Crippen LogP contribution in [0.4, 0.5) is 0 Å². The van der Waals surface area contributed by atoms with E-state index in [9.17, 15) is 33.9 Å². The average molecular weight is 522 g/mol. The minimum Gasteiger partial charge on any atom is -0.481 e. The second-order valence-electron chi connectivity index (χ2n) is 8.73. The fourth-order valence-electron chi connectivity index (χ4n) is 3.32. The lowest BCUT2D eigenvalue weighted by Gasteiger charge is -2.26. The van der Waals surface area contributed by atoms with Crippen LogP contribution in [0.3, 0.4) is 0 Å². The summed E-state index contributed by atoms with van der Waals surface area (Å²) >= 11 is 0. The van der Waals surface area contributed by atoms with E-state index in [1.54, 1.807) is 37.3 Å². The highest BCUT2D eigenvalue weighted by molar-refractivity contribution is 5.95. The maximum absolute atomic E-state index is 13.1. The van der Waals surface area contributed by atoms with Crippen LogP contribution in [0.25, 0.3) is 0 Å². The van der Waals surface area contributed by atoms with Crippen LogP contribution in [-0.2, 0) is 35.2 Å². The van der Waals surface area contributed by atoms with Crippen LogP contribution >= 0.6 is 0 Å². The maximum Gasteiger partial charge on any atom is 0.326 e. The Balaban J connectivity index is 3.17. The van der Waals surface area contributed by atoms with Crippen LogP contribution in [-0.4, -0.2) is 69.9 Å². The monoisotopic (exact) mass is 521 g/mol. The Kier molecular flexibility index (Phi) is 12.7. The summed E-state index contributed by atoms with van der Waals surface area (Å²) in [5.41, 5.74) is 11.6. The van der Waals surface area contributed by atoms with E-state index < -0.39 is 72.6 Å². The third-order valence-electron chi connectivity index (χ3n) is 5.78. The molecule has 0 aliphatic carbocycles. The molecular weight excluding hydrogens is 486 g/mol. The third-order valence-corrected chi connectivity index (χ3v) is 5.78. The lowest BCUT2D eigenvalue weighted by atomic mass is 9.98. The van der Waals surface area contributed by atoms with Crippen molar-refractivity contribution in [3.8, 4) is 0 Å². The number of carbonyl (C=O) groups excluding carboxylic acids is 4. The van der Waals surface area contributed by atoms with Crippen molar-refractivity contribution in [2.45, 2.75) is 70.1 Å². The van der Waals surface area contributed by atoms with E-state index in [4.69, 9.17) is 16.6 Å². The molecule has 0 spiro atoms. The number of amides is 4. The average Bonchev–Trinajstić information content (AvgIpc) is 2.84. The van der Waals surface area contributed by atoms with E-state index in [-0.39, 0.29) is 18.8 Å². The van der Waals surface area contributed by atoms with Crippen molar-refractivity contribution in [3.63, 3.8) is 0 Å². The smallest absolute Gasteiger partial charge is 0.326 e. The Morgan fingerprint density at radius 1 is 0.865 bits per heavy atom. The van der Waals surface area contributed by atoms with Gasteiger partial charge in [-0.2, -0.15) is 0 Å². The predicted molar refractivity (Wildman–Crippen MR) is 132 cm³/mol. The fraction of sp³-hybridized carbons (Fsp3) is 0.500. The second kappa shape index (κ2) is 15.2. The maximum atomic E-state index is 13.1. The molecule has 0 aliphatic rings. The van der Waals surface area contributed by atoms with Crippen molar-refractivity contribution in [2.75, 3.05) is 0 Å². The zero-order valence-corrected chi connectivity index (χ0v) is 20.8. The molecule has 5 unspecified atom stereocenters. The molecule has 9 N–H and O–H groups in total. The molecule has 5 atom stereocenters. The van der Waals surface area contributed by atoms with Gasteiger partial charge in [-0.25, -0.2) is 4.79 Å². The SMILES string of the molecule is CCC(C)C(N)C(=O)NC(CCC(=O)O)C(=O)NC(Cc1ccccc1)C(=O)NC(CC(N)=O)C(=O)O. The number of rotatable bonds is 16. The van der Waals surface area contributed by atoms with E-state index in [2.05, 4.69) is 16.0 Å². The molecule has 13 nitrogen and oxygen atoms in total. The second-order valence-corrected chi connectivity index (χ2v) is 8.73. The van der Waals surface area contributed by atoms with Gasteiger partial charge in [0.15, 0.2) is 0 Å². The van der Waals surface area contributed by atoms with Gasteiger partial charge in [0.2, 0.25) is 23.6 Å². The number of nitrogens with one attached hydrogen (secondary N) is 3. The van der Waals surface area contributed by atoms with E-state index in [1.165, 1.54) is 0 Å². The van der Waals surface area contributed by atoms with Crippen molar-refractivity contribution in [3.05, 3.63) is 35.9 Å². The Bertz CT molecular complexity index is 971. The van der Waals surface area contributed by atoms with Gasteiger partial charge >= 0.3 is 11.9 Å². The Morgan fingerprint density at radius 3 is 1.92 bits per heavy atom. The molecule has 13 heteroatoms. The predicted octanol–water partition coefficient (Wildman–Crippen LogP) is -1.12. The van der Waals surface area contributed by atoms with Crippen molar-refractivity contribution in [2.24, 2.45) is 17.4 Å². The number of primary amides is 1. The highest BCUT2D eigenvalue weighted by atomic mass is 16.4. The van der Waals surface area contributed by atoms with Crippen molar-refractivity contribution >= 4 is 35.6 Å². The Morgan fingerprint density at radius 2 is 1.41 bits per heavy atom. The minimum absolute atomic E-state index is 0.0622. The third kappa shape index (κ3) is 11.1. The molecule has 0 saturated heterocycles. The highest BCUT2D eigenvalue weighted by Gasteiger charge is 2.31. The molecule has 204 valence electrons. The first-order chi connectivity index (χ1) is 17.3. The lowest BCUT2D eigenvalue weighted by molar-refractivity contribution is -0.143.